The average Bonchev–Trinajstić information content (AvgIpc) is 2.84. The van der Waals surface area contributed by atoms with Gasteiger partial charge in [-0.05, 0) is 55.2 Å². The molecule has 4 rings (SSSR count). The van der Waals surface area contributed by atoms with E-state index in [0.29, 0.717) is 24.9 Å². The quantitative estimate of drug-likeness (QED) is 0.677. The summed E-state index contributed by atoms with van der Waals surface area (Å²) in [4.78, 5) is 29.4. The Hall–Kier alpha value is -2.88. The van der Waals surface area contributed by atoms with Crippen molar-refractivity contribution < 1.29 is 9.59 Å². The molecule has 0 N–H and O–H groups in total. The highest BCUT2D eigenvalue weighted by atomic mass is 16.2. The van der Waals surface area contributed by atoms with Gasteiger partial charge in [-0.15, -0.1) is 0 Å². The number of amides is 2. The van der Waals surface area contributed by atoms with Crippen molar-refractivity contribution >= 4 is 17.9 Å². The van der Waals surface area contributed by atoms with E-state index in [1.54, 1.807) is 6.08 Å². The van der Waals surface area contributed by atoms with Gasteiger partial charge in [0.25, 0.3) is 0 Å². The molecule has 31 heavy (non-hydrogen) atoms. The molecule has 2 aliphatic rings. The minimum Gasteiger partial charge on any atom is -0.342 e. The van der Waals surface area contributed by atoms with Gasteiger partial charge < -0.3 is 9.80 Å². The molecule has 0 atom stereocenters. The summed E-state index contributed by atoms with van der Waals surface area (Å²) >= 11 is 0. The van der Waals surface area contributed by atoms with Crippen molar-refractivity contribution in [1.82, 2.24) is 9.80 Å². The van der Waals surface area contributed by atoms with Crippen molar-refractivity contribution in [2.45, 2.75) is 32.1 Å². The van der Waals surface area contributed by atoms with Gasteiger partial charge >= 0.3 is 0 Å². The second kappa shape index (κ2) is 10.4. The molecule has 2 heterocycles. The number of rotatable bonds is 5. The molecule has 2 fully saturated rings. The zero-order valence-corrected chi connectivity index (χ0v) is 18.2. The van der Waals surface area contributed by atoms with Crippen LogP contribution in [-0.4, -0.2) is 47.8 Å². The number of carbonyl (C=O) groups is 2. The van der Waals surface area contributed by atoms with Gasteiger partial charge in [0.15, 0.2) is 0 Å². The van der Waals surface area contributed by atoms with Crippen LogP contribution in [0, 0.1) is 11.8 Å². The lowest BCUT2D eigenvalue weighted by Gasteiger charge is -2.37. The smallest absolute Gasteiger partial charge is 0.246 e. The summed E-state index contributed by atoms with van der Waals surface area (Å²) in [6.45, 7) is 3.07. The van der Waals surface area contributed by atoms with Crippen LogP contribution in [0.2, 0.25) is 0 Å². The lowest BCUT2D eigenvalue weighted by molar-refractivity contribution is -0.140. The molecule has 0 spiro atoms. The van der Waals surface area contributed by atoms with Gasteiger partial charge in [-0.25, -0.2) is 0 Å². The number of carbonyl (C=O) groups excluding carboxylic acids is 2. The van der Waals surface area contributed by atoms with Gasteiger partial charge in [-0.1, -0.05) is 60.7 Å². The van der Waals surface area contributed by atoms with E-state index < -0.39 is 0 Å². The predicted octanol–water partition coefficient (Wildman–Crippen LogP) is 4.42. The number of hydrogen-bond donors (Lipinski definition) is 0. The highest BCUT2D eigenvalue weighted by molar-refractivity contribution is 5.92. The zero-order valence-electron chi connectivity index (χ0n) is 18.2. The maximum absolute atomic E-state index is 13.0. The fourth-order valence-electron chi connectivity index (χ4n) is 4.75. The molecule has 2 aromatic carbocycles. The standard InChI is InChI=1S/C27H32N2O2/c30-26(12-11-22-7-3-1-4-8-22)28-19-15-25(16-20-28)27(31)29-17-13-24(14-18-29)21-23-9-5-2-6-10-23/h1-12,24-25H,13-21H2/b12-11+. The van der Waals surface area contributed by atoms with Crippen molar-refractivity contribution in [2.24, 2.45) is 11.8 Å². The Kier molecular flexibility index (Phi) is 7.18. The minimum atomic E-state index is 0.0384. The highest BCUT2D eigenvalue weighted by Gasteiger charge is 2.31. The first-order valence-corrected chi connectivity index (χ1v) is 11.5. The Labute approximate surface area is 185 Å². The summed E-state index contributed by atoms with van der Waals surface area (Å²) in [5, 5.41) is 0. The molecule has 0 saturated carbocycles. The highest BCUT2D eigenvalue weighted by Crippen LogP contribution is 2.26. The van der Waals surface area contributed by atoms with Crippen molar-refractivity contribution in [3.8, 4) is 0 Å². The summed E-state index contributed by atoms with van der Waals surface area (Å²) in [5.74, 6) is 1.07. The molecule has 0 radical (unpaired) electrons. The Morgan fingerprint density at radius 1 is 0.774 bits per heavy atom. The Bertz CT molecular complexity index is 878. The fourth-order valence-corrected chi connectivity index (χ4v) is 4.75. The lowest BCUT2D eigenvalue weighted by Crippen LogP contribution is -2.46. The summed E-state index contributed by atoms with van der Waals surface area (Å²) in [5.41, 5.74) is 2.42. The SMILES string of the molecule is O=C(/C=C/c1ccccc1)N1CCC(C(=O)N2CCC(Cc3ccccc3)CC2)CC1. The molecule has 4 heteroatoms. The van der Waals surface area contributed by atoms with Gasteiger partial charge in [-0.3, -0.25) is 9.59 Å². The van der Waals surface area contributed by atoms with E-state index in [4.69, 9.17) is 0 Å². The zero-order chi connectivity index (χ0) is 21.5. The second-order valence-corrected chi connectivity index (χ2v) is 8.80. The van der Waals surface area contributed by atoms with Crippen molar-refractivity contribution in [2.75, 3.05) is 26.2 Å². The molecule has 0 aromatic heterocycles. The number of piperidine rings is 2. The average molecular weight is 417 g/mol. The molecule has 4 nitrogen and oxygen atoms in total. The first-order valence-electron chi connectivity index (χ1n) is 11.5. The monoisotopic (exact) mass is 416 g/mol. The van der Waals surface area contributed by atoms with Crippen LogP contribution in [0.3, 0.4) is 0 Å². The molecule has 0 aliphatic carbocycles. The maximum atomic E-state index is 13.0. The Balaban J connectivity index is 1.21. The van der Waals surface area contributed by atoms with Crippen LogP contribution >= 0.6 is 0 Å². The van der Waals surface area contributed by atoms with E-state index in [1.165, 1.54) is 5.56 Å². The Morgan fingerprint density at radius 3 is 2.00 bits per heavy atom. The minimum absolute atomic E-state index is 0.0384. The van der Waals surface area contributed by atoms with Gasteiger partial charge in [0.1, 0.15) is 0 Å². The largest absolute Gasteiger partial charge is 0.342 e. The third-order valence-electron chi connectivity index (χ3n) is 6.67. The van der Waals surface area contributed by atoms with Crippen molar-refractivity contribution in [3.05, 3.63) is 77.9 Å². The van der Waals surface area contributed by atoms with Crippen molar-refractivity contribution in [1.29, 1.82) is 0 Å². The van der Waals surface area contributed by atoms with E-state index in [0.717, 1.165) is 50.8 Å². The van der Waals surface area contributed by atoms with Gasteiger partial charge in [0.2, 0.25) is 11.8 Å². The normalized spacial score (nSPS) is 18.5. The molecular formula is C27H32N2O2. The number of benzene rings is 2. The second-order valence-electron chi connectivity index (χ2n) is 8.80. The number of likely N-dealkylation sites (tertiary alicyclic amines) is 2. The molecule has 0 bridgehead atoms. The van der Waals surface area contributed by atoms with Gasteiger partial charge in [0, 0.05) is 38.2 Å². The molecule has 162 valence electrons. The number of nitrogens with zero attached hydrogens (tertiary/aromatic N) is 2. The van der Waals surface area contributed by atoms with E-state index in [1.807, 2.05) is 41.3 Å². The summed E-state index contributed by atoms with van der Waals surface area (Å²) in [6.07, 6.45) is 8.33. The van der Waals surface area contributed by atoms with Crippen LogP contribution in [0.5, 0.6) is 0 Å². The van der Waals surface area contributed by atoms with Crippen LogP contribution in [0.4, 0.5) is 0 Å². The summed E-state index contributed by atoms with van der Waals surface area (Å²) < 4.78 is 0. The van der Waals surface area contributed by atoms with E-state index in [-0.39, 0.29) is 11.8 Å². The lowest BCUT2D eigenvalue weighted by atomic mass is 9.88. The maximum Gasteiger partial charge on any atom is 0.246 e. The van der Waals surface area contributed by atoms with Gasteiger partial charge in [0.05, 0.1) is 0 Å². The van der Waals surface area contributed by atoms with E-state index >= 15 is 0 Å². The van der Waals surface area contributed by atoms with E-state index in [9.17, 15) is 9.59 Å². The predicted molar refractivity (Wildman–Crippen MR) is 124 cm³/mol. The van der Waals surface area contributed by atoms with E-state index in [2.05, 4.69) is 35.2 Å². The fraction of sp³-hybridized carbons (Fsp3) is 0.407. The molecular weight excluding hydrogens is 384 g/mol. The van der Waals surface area contributed by atoms with Gasteiger partial charge in [-0.2, -0.15) is 0 Å². The molecule has 2 amide bonds. The van der Waals surface area contributed by atoms with Crippen LogP contribution < -0.4 is 0 Å². The molecule has 2 aliphatic heterocycles. The first kappa shape index (κ1) is 21.4. The molecule has 0 unspecified atom stereocenters. The topological polar surface area (TPSA) is 40.6 Å². The third kappa shape index (κ3) is 5.84. The first-order chi connectivity index (χ1) is 15.2. The van der Waals surface area contributed by atoms with Crippen molar-refractivity contribution in [3.63, 3.8) is 0 Å². The van der Waals surface area contributed by atoms with Crippen LogP contribution in [-0.2, 0) is 16.0 Å². The third-order valence-corrected chi connectivity index (χ3v) is 6.67. The van der Waals surface area contributed by atoms with Crippen LogP contribution in [0.15, 0.2) is 66.7 Å². The van der Waals surface area contributed by atoms with Crippen LogP contribution in [0.25, 0.3) is 6.08 Å². The Morgan fingerprint density at radius 2 is 1.35 bits per heavy atom. The number of hydrogen-bond acceptors (Lipinski definition) is 2. The summed E-state index contributed by atoms with van der Waals surface area (Å²) in [6, 6.07) is 20.5. The summed E-state index contributed by atoms with van der Waals surface area (Å²) in [7, 11) is 0. The molecule has 2 aromatic rings. The van der Waals surface area contributed by atoms with Crippen LogP contribution in [0.1, 0.15) is 36.8 Å². The molecule has 2 saturated heterocycles.